The number of esters is 1. The first-order chi connectivity index (χ1) is 12.9. The highest BCUT2D eigenvalue weighted by Crippen LogP contribution is 2.18. The quantitative estimate of drug-likeness (QED) is 0.469. The monoisotopic (exact) mass is 369 g/mol. The molecule has 0 aliphatic carbocycles. The van der Waals surface area contributed by atoms with E-state index in [0.717, 1.165) is 17.1 Å². The number of carbonyl (C=O) groups excluding carboxylic acids is 2. The van der Waals surface area contributed by atoms with E-state index in [2.05, 4.69) is 0 Å². The molecule has 0 radical (unpaired) electrons. The number of ether oxygens (including phenoxy) is 1. The number of aryl methyl sites for hydroxylation is 1. The lowest BCUT2D eigenvalue weighted by atomic mass is 10.1. The topological polar surface area (TPSA) is 61.4 Å². The van der Waals surface area contributed by atoms with Gasteiger partial charge in [-0.25, -0.2) is 4.39 Å². The second kappa shape index (κ2) is 8.03. The molecule has 1 aromatic carbocycles. The Morgan fingerprint density at radius 2 is 1.89 bits per heavy atom. The molecule has 2 heterocycles. The summed E-state index contributed by atoms with van der Waals surface area (Å²) in [5, 5.41) is 0. The molecular weight excluding hydrogens is 349 g/mol. The van der Waals surface area contributed by atoms with Gasteiger partial charge in [0.15, 0.2) is 6.61 Å². The van der Waals surface area contributed by atoms with Gasteiger partial charge in [-0.3, -0.25) is 9.59 Å². The second-order valence-corrected chi connectivity index (χ2v) is 6.34. The van der Waals surface area contributed by atoms with Crippen LogP contribution in [-0.4, -0.2) is 22.9 Å². The van der Waals surface area contributed by atoms with E-state index in [1.54, 1.807) is 12.3 Å². The second-order valence-electron chi connectivity index (χ2n) is 6.34. The molecule has 27 heavy (non-hydrogen) atoms. The van der Waals surface area contributed by atoms with E-state index in [1.807, 2.05) is 30.5 Å². The van der Waals surface area contributed by atoms with Gasteiger partial charge in [-0.1, -0.05) is 12.1 Å². The van der Waals surface area contributed by atoms with Crippen molar-refractivity contribution in [2.45, 2.75) is 26.8 Å². The van der Waals surface area contributed by atoms with Gasteiger partial charge in [0, 0.05) is 17.0 Å². The number of aromatic nitrogens is 1. The first-order valence-electron chi connectivity index (χ1n) is 8.56. The molecule has 0 aliphatic rings. The molecule has 0 spiro atoms. The summed E-state index contributed by atoms with van der Waals surface area (Å²) in [6.45, 7) is 3.96. The van der Waals surface area contributed by atoms with Gasteiger partial charge in [-0.05, 0) is 49.7 Å². The summed E-state index contributed by atoms with van der Waals surface area (Å²) in [4.78, 5) is 24.4. The summed E-state index contributed by atoms with van der Waals surface area (Å²) in [7, 11) is 0. The zero-order valence-corrected chi connectivity index (χ0v) is 15.2. The lowest BCUT2D eigenvalue weighted by Crippen LogP contribution is -2.16. The predicted molar refractivity (Wildman–Crippen MR) is 97.1 cm³/mol. The van der Waals surface area contributed by atoms with Crippen LogP contribution in [0.2, 0.25) is 0 Å². The van der Waals surface area contributed by atoms with Crippen molar-refractivity contribution in [3.8, 4) is 0 Å². The number of Topliss-reactive ketones (excluding diaryl/α,β-unsaturated/α-hetero) is 1. The molecule has 0 amide bonds. The molecule has 0 unspecified atom stereocenters. The maximum Gasteiger partial charge on any atom is 0.310 e. The van der Waals surface area contributed by atoms with Crippen LogP contribution in [0.25, 0.3) is 0 Å². The third-order valence-corrected chi connectivity index (χ3v) is 4.39. The molecule has 0 aliphatic heterocycles. The summed E-state index contributed by atoms with van der Waals surface area (Å²) >= 11 is 0. The summed E-state index contributed by atoms with van der Waals surface area (Å²) < 4.78 is 25.3. The zero-order chi connectivity index (χ0) is 19.4. The molecule has 0 atom stereocenters. The van der Waals surface area contributed by atoms with Gasteiger partial charge in [-0.15, -0.1) is 0 Å². The SMILES string of the molecule is Cc1cc(C(=O)COC(=O)Cc2ccc(F)cc2)c(C)n1Cc1ccco1. The van der Waals surface area contributed by atoms with Crippen molar-refractivity contribution >= 4 is 11.8 Å². The maximum absolute atomic E-state index is 12.9. The van der Waals surface area contributed by atoms with Crippen LogP contribution < -0.4 is 0 Å². The molecule has 140 valence electrons. The minimum atomic E-state index is -0.528. The Kier molecular flexibility index (Phi) is 5.54. The van der Waals surface area contributed by atoms with Gasteiger partial charge in [0.05, 0.1) is 19.2 Å². The third-order valence-electron chi connectivity index (χ3n) is 4.39. The van der Waals surface area contributed by atoms with Crippen molar-refractivity contribution in [2.75, 3.05) is 6.61 Å². The highest BCUT2D eigenvalue weighted by Gasteiger charge is 2.18. The molecule has 5 nitrogen and oxygen atoms in total. The summed E-state index contributed by atoms with van der Waals surface area (Å²) in [5.74, 6) is -0.366. The van der Waals surface area contributed by atoms with Crippen molar-refractivity contribution < 1.29 is 23.1 Å². The van der Waals surface area contributed by atoms with Crippen LogP contribution in [0.15, 0.2) is 53.1 Å². The number of furan rings is 1. The predicted octanol–water partition coefficient (Wildman–Crippen LogP) is 3.85. The molecule has 6 heteroatoms. The number of hydrogen-bond donors (Lipinski definition) is 0. The van der Waals surface area contributed by atoms with Gasteiger partial charge >= 0.3 is 5.97 Å². The number of carbonyl (C=O) groups is 2. The number of benzene rings is 1. The lowest BCUT2D eigenvalue weighted by Gasteiger charge is -2.08. The first kappa shape index (κ1) is 18.6. The van der Waals surface area contributed by atoms with Crippen LogP contribution in [-0.2, 0) is 22.5 Å². The zero-order valence-electron chi connectivity index (χ0n) is 15.2. The normalized spacial score (nSPS) is 10.8. The van der Waals surface area contributed by atoms with Crippen LogP contribution in [0.3, 0.4) is 0 Å². The van der Waals surface area contributed by atoms with Gasteiger partial charge in [0.1, 0.15) is 11.6 Å². The smallest absolute Gasteiger partial charge is 0.310 e. The fraction of sp³-hybridized carbons (Fsp3) is 0.238. The molecule has 3 aromatic rings. The molecule has 0 bridgehead atoms. The van der Waals surface area contributed by atoms with E-state index >= 15 is 0 Å². The molecule has 0 saturated carbocycles. The van der Waals surface area contributed by atoms with Crippen LogP contribution >= 0.6 is 0 Å². The Bertz CT molecular complexity index is 939. The number of hydrogen-bond acceptors (Lipinski definition) is 4. The Labute approximate surface area is 156 Å². The van der Waals surface area contributed by atoms with E-state index in [-0.39, 0.29) is 24.6 Å². The molecule has 0 fully saturated rings. The van der Waals surface area contributed by atoms with Crippen molar-refractivity contribution in [1.82, 2.24) is 4.57 Å². The van der Waals surface area contributed by atoms with E-state index in [4.69, 9.17) is 9.15 Å². The highest BCUT2D eigenvalue weighted by molar-refractivity contribution is 5.99. The highest BCUT2D eigenvalue weighted by atomic mass is 19.1. The average Bonchev–Trinajstić information content (AvgIpc) is 3.25. The van der Waals surface area contributed by atoms with E-state index in [0.29, 0.717) is 17.7 Å². The van der Waals surface area contributed by atoms with Gasteiger partial charge in [0.25, 0.3) is 0 Å². The Hall–Kier alpha value is -3.15. The van der Waals surface area contributed by atoms with Crippen LogP contribution in [0.4, 0.5) is 4.39 Å². The number of halogens is 1. The van der Waals surface area contributed by atoms with Crippen LogP contribution in [0, 0.1) is 19.7 Å². The van der Waals surface area contributed by atoms with Crippen molar-refractivity contribution in [3.05, 3.63) is 82.8 Å². The number of ketones is 1. The lowest BCUT2D eigenvalue weighted by molar-refractivity contribution is -0.141. The van der Waals surface area contributed by atoms with Gasteiger partial charge < -0.3 is 13.7 Å². The fourth-order valence-corrected chi connectivity index (χ4v) is 2.93. The van der Waals surface area contributed by atoms with E-state index in [1.165, 1.54) is 24.3 Å². The van der Waals surface area contributed by atoms with Crippen LogP contribution in [0.5, 0.6) is 0 Å². The molecule has 0 N–H and O–H groups in total. The minimum Gasteiger partial charge on any atom is -0.467 e. The summed E-state index contributed by atoms with van der Waals surface area (Å²) in [5.41, 5.74) is 2.87. The largest absolute Gasteiger partial charge is 0.467 e. The standard InChI is InChI=1S/C21H20FNO4/c1-14-10-19(15(2)23(14)12-18-4-3-9-26-18)20(24)13-27-21(25)11-16-5-7-17(22)8-6-16/h3-10H,11-13H2,1-2H3. The Morgan fingerprint density at radius 1 is 1.15 bits per heavy atom. The van der Waals surface area contributed by atoms with Crippen molar-refractivity contribution in [1.29, 1.82) is 0 Å². The van der Waals surface area contributed by atoms with Crippen molar-refractivity contribution in [2.24, 2.45) is 0 Å². The molecule has 3 rings (SSSR count). The van der Waals surface area contributed by atoms with E-state index < -0.39 is 5.97 Å². The maximum atomic E-state index is 12.9. The molecule has 0 saturated heterocycles. The molecular formula is C21H20FNO4. The molecule has 2 aromatic heterocycles. The Morgan fingerprint density at radius 3 is 2.56 bits per heavy atom. The average molecular weight is 369 g/mol. The number of rotatable bonds is 7. The Balaban J connectivity index is 1.60. The van der Waals surface area contributed by atoms with Crippen LogP contribution in [0.1, 0.15) is 33.1 Å². The number of nitrogens with zero attached hydrogens (tertiary/aromatic N) is 1. The first-order valence-corrected chi connectivity index (χ1v) is 8.56. The van der Waals surface area contributed by atoms with Gasteiger partial charge in [0.2, 0.25) is 5.78 Å². The minimum absolute atomic E-state index is 0.00885. The fourth-order valence-electron chi connectivity index (χ4n) is 2.93. The summed E-state index contributed by atoms with van der Waals surface area (Å²) in [6, 6.07) is 11.1. The van der Waals surface area contributed by atoms with E-state index in [9.17, 15) is 14.0 Å². The van der Waals surface area contributed by atoms with Crippen molar-refractivity contribution in [3.63, 3.8) is 0 Å². The summed E-state index contributed by atoms with van der Waals surface area (Å²) in [6.07, 6.45) is 1.60. The third kappa shape index (κ3) is 4.53. The van der Waals surface area contributed by atoms with Gasteiger partial charge in [-0.2, -0.15) is 0 Å².